The Morgan fingerprint density at radius 3 is 1.37 bits per heavy atom. The van der Waals surface area contributed by atoms with Gasteiger partial charge in [0.2, 0.25) is 0 Å². The first-order valence-corrected chi connectivity index (χ1v) is 25.8. The minimum Gasteiger partial charge on any atom is -0.462 e. The van der Waals surface area contributed by atoms with Crippen LogP contribution in [0, 0.1) is 0 Å². The van der Waals surface area contributed by atoms with Crippen molar-refractivity contribution in [3.05, 3.63) is 12.2 Å². The number of esters is 2. The second-order valence-electron chi connectivity index (χ2n) is 18.4. The number of allylic oxidation sites excluding steroid dienone is 2. The summed E-state index contributed by atoms with van der Waals surface area (Å²) in [7, 11) is 0. The fraction of sp³-hybridized carbons (Fsp3) is 0.920. The van der Waals surface area contributed by atoms with Gasteiger partial charge >= 0.3 is 11.9 Å². The summed E-state index contributed by atoms with van der Waals surface area (Å²) in [6.07, 6.45) is 19.5. The van der Waals surface area contributed by atoms with Crippen LogP contribution in [0.1, 0.15) is 200 Å². The predicted octanol–water partition coefficient (Wildman–Crippen LogP) is 6.99. The normalized spacial score (nSPS) is 26.4. The third kappa shape index (κ3) is 26.5. The van der Waals surface area contributed by atoms with Gasteiger partial charge in [-0.15, -0.1) is 0 Å². The monoisotopic (exact) mass is 933 g/mol. The van der Waals surface area contributed by atoms with Crippen LogP contribution in [0.15, 0.2) is 12.2 Å². The van der Waals surface area contributed by atoms with E-state index in [0.717, 1.165) is 51.4 Å². The second kappa shape index (κ2) is 38.1. The Bertz CT molecular complexity index is 1190. The number of carbonyl (C=O) groups is 2. The molecule has 2 aliphatic heterocycles. The van der Waals surface area contributed by atoms with Gasteiger partial charge in [-0.2, -0.15) is 0 Å². The van der Waals surface area contributed by atoms with Gasteiger partial charge in [0, 0.05) is 12.8 Å². The molecule has 15 nitrogen and oxygen atoms in total. The fourth-order valence-corrected chi connectivity index (χ4v) is 8.21. The summed E-state index contributed by atoms with van der Waals surface area (Å²) in [6, 6.07) is 0. The lowest BCUT2D eigenvalue weighted by molar-refractivity contribution is -0.332. The van der Waals surface area contributed by atoms with Crippen molar-refractivity contribution in [2.75, 3.05) is 26.4 Å². The van der Waals surface area contributed by atoms with E-state index in [1.807, 2.05) is 0 Å². The van der Waals surface area contributed by atoms with Gasteiger partial charge < -0.3 is 64.2 Å². The number of rotatable bonds is 40. The highest BCUT2D eigenvalue weighted by Gasteiger charge is 2.47. The summed E-state index contributed by atoms with van der Waals surface area (Å²) in [4.78, 5) is 25.7. The molecule has 2 saturated heterocycles. The maximum absolute atomic E-state index is 13.0. The van der Waals surface area contributed by atoms with Crippen LogP contribution in [-0.2, 0) is 38.0 Å². The van der Waals surface area contributed by atoms with E-state index < -0.39 is 92.7 Å². The van der Waals surface area contributed by atoms with E-state index in [4.69, 9.17) is 28.4 Å². The zero-order chi connectivity index (χ0) is 47.5. The molecule has 2 fully saturated rings. The van der Waals surface area contributed by atoms with Gasteiger partial charge in [0.1, 0.15) is 55.4 Å². The lowest BCUT2D eigenvalue weighted by atomic mass is 9.98. The maximum atomic E-state index is 13.0. The molecule has 15 heteroatoms. The highest BCUT2D eigenvalue weighted by molar-refractivity contribution is 5.70. The number of aliphatic hydroxyl groups excluding tert-OH is 7. The number of hydrogen-bond donors (Lipinski definition) is 7. The van der Waals surface area contributed by atoms with Crippen LogP contribution in [0.3, 0.4) is 0 Å². The first kappa shape index (κ1) is 59.4. The standard InChI is InChI=1S/C50H92O15/c1-3-5-7-9-11-13-15-17-19-21-23-25-27-29-31-33-42(53)63-38(35-60-41(52)32-30-28-26-24-22-20-18-16-14-12-10-8-6-4-2)36-61-49-48(59)46(57)44(55)40(65-49)37-62-50-47(58)45(56)43(54)39(34-51)64-50/h13,15,38-40,43-51,54-59H,3-12,14,16-37H2,1-2H3/b15-13+/t38-,39-,40-,43+,44+,45?,46?,47?,48?,49-,50-/m1/s1. The van der Waals surface area contributed by atoms with Gasteiger partial charge in [0.25, 0.3) is 0 Å². The zero-order valence-electron chi connectivity index (χ0n) is 40.2. The molecule has 4 unspecified atom stereocenters. The van der Waals surface area contributed by atoms with Crippen LogP contribution >= 0.6 is 0 Å². The van der Waals surface area contributed by atoms with Crippen molar-refractivity contribution in [3.8, 4) is 0 Å². The van der Waals surface area contributed by atoms with E-state index >= 15 is 0 Å². The molecule has 0 aromatic heterocycles. The molecule has 0 bridgehead atoms. The number of ether oxygens (including phenoxy) is 6. The molecule has 0 aromatic carbocycles. The van der Waals surface area contributed by atoms with Gasteiger partial charge in [0.15, 0.2) is 18.7 Å². The molecule has 0 amide bonds. The average molecular weight is 933 g/mol. The van der Waals surface area contributed by atoms with Gasteiger partial charge in [-0.3, -0.25) is 9.59 Å². The number of aliphatic hydroxyl groups is 7. The van der Waals surface area contributed by atoms with Gasteiger partial charge in [-0.05, 0) is 38.5 Å². The summed E-state index contributed by atoms with van der Waals surface area (Å²) >= 11 is 0. The minimum atomic E-state index is -1.76. The number of carbonyl (C=O) groups excluding carboxylic acids is 2. The Hall–Kier alpha value is -1.76. The molecule has 65 heavy (non-hydrogen) atoms. The van der Waals surface area contributed by atoms with Gasteiger partial charge in [0.05, 0.1) is 19.8 Å². The van der Waals surface area contributed by atoms with E-state index in [1.54, 1.807) is 0 Å². The molecule has 7 N–H and O–H groups in total. The third-order valence-corrected chi connectivity index (χ3v) is 12.5. The highest BCUT2D eigenvalue weighted by atomic mass is 16.7. The molecule has 0 aromatic rings. The van der Waals surface area contributed by atoms with Gasteiger partial charge in [-0.25, -0.2) is 0 Å². The number of unbranched alkanes of at least 4 members (excludes halogenated alkanes) is 24. The molecule has 0 radical (unpaired) electrons. The van der Waals surface area contributed by atoms with Crippen molar-refractivity contribution >= 4 is 11.9 Å². The van der Waals surface area contributed by atoms with E-state index in [2.05, 4.69) is 26.0 Å². The fourth-order valence-electron chi connectivity index (χ4n) is 8.21. The molecular weight excluding hydrogens is 841 g/mol. The van der Waals surface area contributed by atoms with Crippen LogP contribution < -0.4 is 0 Å². The molecule has 0 saturated carbocycles. The largest absolute Gasteiger partial charge is 0.462 e. The zero-order valence-corrected chi connectivity index (χ0v) is 40.2. The topological polar surface area (TPSA) is 231 Å². The van der Waals surface area contributed by atoms with Crippen LogP contribution in [0.25, 0.3) is 0 Å². The van der Waals surface area contributed by atoms with Crippen molar-refractivity contribution < 1.29 is 73.8 Å². The van der Waals surface area contributed by atoms with Crippen LogP contribution in [0.4, 0.5) is 0 Å². The molecule has 2 heterocycles. The maximum Gasteiger partial charge on any atom is 0.306 e. The SMILES string of the molecule is CCCCCC/C=C/CCCCCCCCCC(=O)O[C@H](COC(=O)CCCCCCCCCCCCCCCC)CO[C@@H]1O[C@H](CO[C@@H]2O[C@H](CO)[C@H](O)C(O)C2O)[C@H](O)C(O)C1O. The quantitative estimate of drug-likeness (QED) is 0.0187. The molecular formula is C50H92O15. The smallest absolute Gasteiger partial charge is 0.306 e. The molecule has 11 atom stereocenters. The van der Waals surface area contributed by atoms with E-state index in [-0.39, 0.29) is 26.1 Å². The average Bonchev–Trinajstić information content (AvgIpc) is 3.30. The summed E-state index contributed by atoms with van der Waals surface area (Å²) in [6.45, 7) is 2.59. The summed E-state index contributed by atoms with van der Waals surface area (Å²) in [5.41, 5.74) is 0. The first-order chi connectivity index (χ1) is 31.5. The van der Waals surface area contributed by atoms with E-state index in [0.29, 0.717) is 12.8 Å². The minimum absolute atomic E-state index is 0.164. The molecule has 2 aliphatic rings. The summed E-state index contributed by atoms with van der Waals surface area (Å²) in [5.74, 6) is -0.921. The lowest BCUT2D eigenvalue weighted by Crippen LogP contribution is -2.61. The Morgan fingerprint density at radius 2 is 0.877 bits per heavy atom. The number of hydrogen-bond acceptors (Lipinski definition) is 15. The van der Waals surface area contributed by atoms with Crippen LogP contribution in [0.5, 0.6) is 0 Å². The predicted molar refractivity (Wildman–Crippen MR) is 248 cm³/mol. The van der Waals surface area contributed by atoms with E-state index in [1.165, 1.54) is 109 Å². The third-order valence-electron chi connectivity index (χ3n) is 12.5. The van der Waals surface area contributed by atoms with Crippen LogP contribution in [0.2, 0.25) is 0 Å². The Labute approximate surface area is 390 Å². The Morgan fingerprint density at radius 1 is 0.477 bits per heavy atom. The Kier molecular flexibility index (Phi) is 34.8. The van der Waals surface area contributed by atoms with Crippen molar-refractivity contribution in [2.24, 2.45) is 0 Å². The molecule has 0 aliphatic carbocycles. The molecule has 0 spiro atoms. The Balaban J connectivity index is 1.81. The summed E-state index contributed by atoms with van der Waals surface area (Å²) < 4.78 is 33.6. The van der Waals surface area contributed by atoms with Crippen LogP contribution in [-0.4, -0.2) is 142 Å². The van der Waals surface area contributed by atoms with Crippen molar-refractivity contribution in [1.29, 1.82) is 0 Å². The molecule has 2 rings (SSSR count). The first-order valence-electron chi connectivity index (χ1n) is 25.8. The van der Waals surface area contributed by atoms with Crippen molar-refractivity contribution in [1.82, 2.24) is 0 Å². The molecule has 382 valence electrons. The summed E-state index contributed by atoms with van der Waals surface area (Å²) in [5, 5.41) is 72.0. The second-order valence-corrected chi connectivity index (χ2v) is 18.4. The van der Waals surface area contributed by atoms with Crippen molar-refractivity contribution in [3.63, 3.8) is 0 Å². The van der Waals surface area contributed by atoms with Gasteiger partial charge in [-0.1, -0.05) is 161 Å². The lowest BCUT2D eigenvalue weighted by Gasteiger charge is -2.42. The van der Waals surface area contributed by atoms with E-state index in [9.17, 15) is 45.3 Å². The highest BCUT2D eigenvalue weighted by Crippen LogP contribution is 2.26. The van der Waals surface area contributed by atoms with Crippen molar-refractivity contribution in [2.45, 2.75) is 268 Å².